The van der Waals surface area contributed by atoms with Gasteiger partial charge in [0.05, 0.1) is 17.4 Å². The van der Waals surface area contributed by atoms with E-state index in [1.54, 1.807) is 0 Å². The number of halogens is 4. The summed E-state index contributed by atoms with van der Waals surface area (Å²) >= 11 is 2.31. The van der Waals surface area contributed by atoms with Gasteiger partial charge < -0.3 is 9.84 Å². The quantitative estimate of drug-likeness (QED) is 0.299. The Morgan fingerprint density at radius 2 is 1.71 bits per heavy atom. The molecule has 3 atom stereocenters. The van der Waals surface area contributed by atoms with Gasteiger partial charge in [0, 0.05) is 21.2 Å². The van der Waals surface area contributed by atoms with Crippen LogP contribution in [0.3, 0.4) is 0 Å². The van der Waals surface area contributed by atoms with Crippen molar-refractivity contribution in [2.75, 3.05) is 4.43 Å². The number of rotatable bonds is 3. The van der Waals surface area contributed by atoms with Crippen molar-refractivity contribution < 1.29 is 23.0 Å². The van der Waals surface area contributed by atoms with Gasteiger partial charge in [-0.25, -0.2) is 0 Å². The molecule has 1 aromatic heterocycles. The van der Waals surface area contributed by atoms with E-state index in [4.69, 9.17) is 9.72 Å². The van der Waals surface area contributed by atoms with Crippen LogP contribution < -0.4 is 0 Å². The Balaban J connectivity index is 1.73. The first-order valence-corrected chi connectivity index (χ1v) is 13.6. The number of benzene rings is 1. The topological polar surface area (TPSA) is 42.4 Å². The SMILES string of the molecule is CC1(C)Cc2nc3c(c(C4CCCC4)c2C(O)C1)C(c1ccc(C(F)(F)F)cc1)OC3(C)CI. The van der Waals surface area contributed by atoms with Crippen molar-refractivity contribution in [2.24, 2.45) is 5.41 Å². The number of aliphatic hydroxyl groups excluding tert-OH is 1. The minimum absolute atomic E-state index is 0.0480. The molecule has 3 unspecified atom stereocenters. The van der Waals surface area contributed by atoms with Crippen LogP contribution in [-0.4, -0.2) is 14.5 Å². The molecule has 5 rings (SSSR count). The van der Waals surface area contributed by atoms with Crippen LogP contribution in [0.15, 0.2) is 24.3 Å². The lowest BCUT2D eigenvalue weighted by atomic mass is 9.70. The zero-order valence-electron chi connectivity index (χ0n) is 19.8. The van der Waals surface area contributed by atoms with Gasteiger partial charge in [-0.3, -0.25) is 4.98 Å². The first-order valence-electron chi connectivity index (χ1n) is 12.1. The number of nitrogens with zero attached hydrogens (tertiary/aromatic N) is 1. The third kappa shape index (κ3) is 4.09. The Hall–Kier alpha value is -1.19. The van der Waals surface area contributed by atoms with Crippen molar-refractivity contribution in [3.05, 3.63) is 63.5 Å². The predicted octanol–water partition coefficient (Wildman–Crippen LogP) is 7.53. The van der Waals surface area contributed by atoms with Gasteiger partial charge in [0.25, 0.3) is 0 Å². The Morgan fingerprint density at radius 1 is 1.06 bits per heavy atom. The lowest BCUT2D eigenvalue weighted by Gasteiger charge is -2.37. The summed E-state index contributed by atoms with van der Waals surface area (Å²) < 4.78 is 47.0. The number of aromatic nitrogens is 1. The molecular formula is C27H31F3INO2. The largest absolute Gasteiger partial charge is 0.416 e. The number of hydrogen-bond donors (Lipinski definition) is 1. The Morgan fingerprint density at radius 3 is 2.29 bits per heavy atom. The maximum Gasteiger partial charge on any atom is 0.416 e. The molecule has 0 bridgehead atoms. The Bertz CT molecular complexity index is 1090. The fourth-order valence-electron chi connectivity index (χ4n) is 6.22. The van der Waals surface area contributed by atoms with E-state index in [0.29, 0.717) is 22.3 Å². The fourth-order valence-corrected chi connectivity index (χ4v) is 6.76. The van der Waals surface area contributed by atoms with Gasteiger partial charge in [-0.2, -0.15) is 13.2 Å². The minimum Gasteiger partial charge on any atom is -0.388 e. The Kier molecular flexibility index (Phi) is 6.08. The zero-order chi connectivity index (χ0) is 24.5. The number of fused-ring (bicyclic) bond motifs is 2. The van der Waals surface area contributed by atoms with E-state index in [1.165, 1.54) is 17.7 Å². The summed E-state index contributed by atoms with van der Waals surface area (Å²) in [6, 6.07) is 5.34. The van der Waals surface area contributed by atoms with E-state index in [2.05, 4.69) is 36.4 Å². The van der Waals surface area contributed by atoms with Crippen molar-refractivity contribution >= 4 is 22.6 Å². The molecule has 0 amide bonds. The van der Waals surface area contributed by atoms with Crippen molar-refractivity contribution in [2.45, 2.75) is 89.2 Å². The van der Waals surface area contributed by atoms with Gasteiger partial charge in [-0.05, 0) is 67.2 Å². The lowest BCUT2D eigenvalue weighted by molar-refractivity contribution is -0.137. The molecule has 7 heteroatoms. The normalized spacial score (nSPS) is 28.7. The van der Waals surface area contributed by atoms with Crippen LogP contribution >= 0.6 is 22.6 Å². The van der Waals surface area contributed by atoms with Crippen LogP contribution in [0, 0.1) is 5.41 Å². The highest BCUT2D eigenvalue weighted by atomic mass is 127. The van der Waals surface area contributed by atoms with E-state index in [-0.39, 0.29) is 5.41 Å². The first-order chi connectivity index (χ1) is 15.9. The Labute approximate surface area is 212 Å². The molecule has 0 spiro atoms. The van der Waals surface area contributed by atoms with E-state index in [1.807, 2.05) is 6.92 Å². The number of ether oxygens (including phenoxy) is 1. The molecule has 1 N–H and O–H groups in total. The summed E-state index contributed by atoms with van der Waals surface area (Å²) in [6.07, 6.45) is 0.417. The molecule has 1 fully saturated rings. The number of aliphatic hydroxyl groups is 1. The molecular weight excluding hydrogens is 554 g/mol. The van der Waals surface area contributed by atoms with Crippen molar-refractivity contribution in [3.63, 3.8) is 0 Å². The number of alkyl halides is 4. The molecule has 34 heavy (non-hydrogen) atoms. The van der Waals surface area contributed by atoms with Gasteiger partial charge in [0.15, 0.2) is 0 Å². The molecule has 1 aliphatic heterocycles. The van der Waals surface area contributed by atoms with Crippen LogP contribution in [0.25, 0.3) is 0 Å². The molecule has 3 nitrogen and oxygen atoms in total. The van der Waals surface area contributed by atoms with Gasteiger partial charge >= 0.3 is 6.18 Å². The maximum absolute atomic E-state index is 13.2. The van der Waals surface area contributed by atoms with E-state index >= 15 is 0 Å². The highest BCUT2D eigenvalue weighted by Gasteiger charge is 2.48. The third-order valence-corrected chi connectivity index (χ3v) is 9.27. The molecule has 0 saturated heterocycles. The first kappa shape index (κ1) is 24.5. The molecule has 2 aromatic rings. The smallest absolute Gasteiger partial charge is 0.388 e. The molecule has 1 saturated carbocycles. The fraction of sp³-hybridized carbons (Fsp3) is 0.593. The summed E-state index contributed by atoms with van der Waals surface area (Å²) in [4.78, 5) is 5.16. The minimum atomic E-state index is -4.38. The van der Waals surface area contributed by atoms with E-state index < -0.39 is 29.5 Å². The third-order valence-electron chi connectivity index (χ3n) is 7.82. The number of pyridine rings is 1. The van der Waals surface area contributed by atoms with Crippen molar-refractivity contribution in [3.8, 4) is 0 Å². The summed E-state index contributed by atoms with van der Waals surface area (Å²) in [5, 5.41) is 11.3. The molecule has 1 aromatic carbocycles. The van der Waals surface area contributed by atoms with Gasteiger partial charge in [-0.1, -0.05) is 61.4 Å². The van der Waals surface area contributed by atoms with E-state index in [0.717, 1.165) is 66.8 Å². The van der Waals surface area contributed by atoms with Crippen molar-refractivity contribution in [1.29, 1.82) is 0 Å². The summed E-state index contributed by atoms with van der Waals surface area (Å²) in [7, 11) is 0. The van der Waals surface area contributed by atoms with Gasteiger partial charge in [0.1, 0.15) is 11.7 Å². The van der Waals surface area contributed by atoms with Crippen LogP contribution in [0.2, 0.25) is 0 Å². The predicted molar refractivity (Wildman–Crippen MR) is 133 cm³/mol. The van der Waals surface area contributed by atoms with E-state index in [9.17, 15) is 18.3 Å². The molecule has 3 aliphatic rings. The van der Waals surface area contributed by atoms with Gasteiger partial charge in [0.2, 0.25) is 0 Å². The second kappa shape index (κ2) is 8.44. The maximum atomic E-state index is 13.2. The number of hydrogen-bond acceptors (Lipinski definition) is 3. The monoisotopic (exact) mass is 585 g/mol. The molecule has 184 valence electrons. The lowest BCUT2D eigenvalue weighted by Crippen LogP contribution is -2.31. The van der Waals surface area contributed by atoms with Crippen LogP contribution in [-0.2, 0) is 22.9 Å². The highest BCUT2D eigenvalue weighted by Crippen LogP contribution is 2.55. The van der Waals surface area contributed by atoms with Crippen molar-refractivity contribution in [1.82, 2.24) is 4.98 Å². The average Bonchev–Trinajstić information content (AvgIpc) is 3.38. The molecule has 2 aliphatic carbocycles. The van der Waals surface area contributed by atoms with Gasteiger partial charge in [-0.15, -0.1) is 0 Å². The standard InChI is InChI=1S/C27H31F3INO2/c1-25(2)12-18-21(19(33)13-25)20(15-6-4-5-7-15)22-23(34-26(3,14-31)24(22)32-18)16-8-10-17(11-9-16)27(28,29)30/h8-11,15,19,23,33H,4-7,12-14H2,1-3H3. The molecule has 2 heterocycles. The highest BCUT2D eigenvalue weighted by molar-refractivity contribution is 14.1. The summed E-state index contributed by atoms with van der Waals surface area (Å²) in [5.41, 5.74) is 4.34. The molecule has 0 radical (unpaired) electrons. The van der Waals surface area contributed by atoms with Crippen LogP contribution in [0.5, 0.6) is 0 Å². The summed E-state index contributed by atoms with van der Waals surface area (Å²) in [6.45, 7) is 6.37. The second-order valence-electron chi connectivity index (χ2n) is 11.2. The van der Waals surface area contributed by atoms with Crippen LogP contribution in [0.4, 0.5) is 13.2 Å². The second-order valence-corrected chi connectivity index (χ2v) is 11.9. The zero-order valence-corrected chi connectivity index (χ0v) is 22.0. The van der Waals surface area contributed by atoms with Crippen LogP contribution in [0.1, 0.15) is 110 Å². The summed E-state index contributed by atoms with van der Waals surface area (Å²) in [5.74, 6) is 0.318. The average molecular weight is 585 g/mol.